The highest BCUT2D eigenvalue weighted by Gasteiger charge is 2.10. The summed E-state index contributed by atoms with van der Waals surface area (Å²) >= 11 is 0. The van der Waals surface area contributed by atoms with Crippen molar-refractivity contribution < 1.29 is 4.79 Å². The van der Waals surface area contributed by atoms with Gasteiger partial charge in [-0.25, -0.2) is 4.98 Å². The summed E-state index contributed by atoms with van der Waals surface area (Å²) in [6, 6.07) is 13.8. The van der Waals surface area contributed by atoms with E-state index in [-0.39, 0.29) is 11.9 Å². The van der Waals surface area contributed by atoms with Crippen LogP contribution in [-0.2, 0) is 11.2 Å². The van der Waals surface area contributed by atoms with Crippen molar-refractivity contribution in [3.63, 3.8) is 0 Å². The van der Waals surface area contributed by atoms with Crippen LogP contribution in [0, 0.1) is 0 Å². The van der Waals surface area contributed by atoms with Crippen molar-refractivity contribution in [3.8, 4) is 5.69 Å². The normalized spacial score (nSPS) is 11.9. The standard InChI is InChI=1S/C19H20N4O/c1-15(22-19(24)9-8-17-6-2-3-10-21-17)16-5-4-7-18(13-16)23-12-11-20-14-23/h2-7,10-15H,8-9H2,1H3,(H,22,24)/t15-/m1/s1. The van der Waals surface area contributed by atoms with E-state index >= 15 is 0 Å². The van der Waals surface area contributed by atoms with E-state index < -0.39 is 0 Å². The van der Waals surface area contributed by atoms with Crippen LogP contribution in [0.5, 0.6) is 0 Å². The summed E-state index contributed by atoms with van der Waals surface area (Å²) in [5.41, 5.74) is 3.02. The molecule has 5 nitrogen and oxygen atoms in total. The van der Waals surface area contributed by atoms with Gasteiger partial charge in [-0.3, -0.25) is 9.78 Å². The molecule has 1 amide bonds. The lowest BCUT2D eigenvalue weighted by atomic mass is 10.1. The number of pyridine rings is 1. The summed E-state index contributed by atoms with van der Waals surface area (Å²) in [5, 5.41) is 3.05. The molecule has 2 heterocycles. The third-order valence-electron chi connectivity index (χ3n) is 3.88. The third-order valence-corrected chi connectivity index (χ3v) is 3.88. The van der Waals surface area contributed by atoms with Crippen LogP contribution in [0.15, 0.2) is 67.4 Å². The summed E-state index contributed by atoms with van der Waals surface area (Å²) in [5.74, 6) is 0.0289. The number of aryl methyl sites for hydroxylation is 1. The maximum absolute atomic E-state index is 12.2. The molecule has 24 heavy (non-hydrogen) atoms. The number of carbonyl (C=O) groups excluding carboxylic acids is 1. The first-order chi connectivity index (χ1) is 11.7. The minimum atomic E-state index is -0.0512. The zero-order chi connectivity index (χ0) is 16.8. The SMILES string of the molecule is C[C@@H](NC(=O)CCc1ccccn1)c1cccc(-n2ccnc2)c1. The number of carbonyl (C=O) groups is 1. The maximum atomic E-state index is 12.2. The number of amides is 1. The zero-order valence-electron chi connectivity index (χ0n) is 13.6. The van der Waals surface area contributed by atoms with Gasteiger partial charge in [0.15, 0.2) is 0 Å². The quantitative estimate of drug-likeness (QED) is 0.759. The second-order valence-corrected chi connectivity index (χ2v) is 5.68. The number of nitrogens with zero attached hydrogens (tertiary/aromatic N) is 3. The van der Waals surface area contributed by atoms with Crippen LogP contribution < -0.4 is 5.32 Å². The molecule has 1 N–H and O–H groups in total. The maximum Gasteiger partial charge on any atom is 0.220 e. The molecule has 0 fully saturated rings. The van der Waals surface area contributed by atoms with Crippen LogP contribution >= 0.6 is 0 Å². The Bertz CT molecular complexity index is 784. The Balaban J connectivity index is 1.59. The van der Waals surface area contributed by atoms with Gasteiger partial charge in [0.2, 0.25) is 5.91 Å². The Labute approximate surface area is 141 Å². The van der Waals surface area contributed by atoms with E-state index in [4.69, 9.17) is 0 Å². The van der Waals surface area contributed by atoms with Gasteiger partial charge >= 0.3 is 0 Å². The van der Waals surface area contributed by atoms with E-state index in [9.17, 15) is 4.79 Å². The minimum absolute atomic E-state index is 0.0289. The van der Waals surface area contributed by atoms with Gasteiger partial charge in [0.25, 0.3) is 0 Å². The van der Waals surface area contributed by atoms with Crippen LogP contribution in [-0.4, -0.2) is 20.4 Å². The first kappa shape index (κ1) is 15.9. The molecule has 0 saturated heterocycles. The molecule has 5 heteroatoms. The zero-order valence-corrected chi connectivity index (χ0v) is 13.6. The van der Waals surface area contributed by atoms with Crippen molar-refractivity contribution in [3.05, 3.63) is 78.6 Å². The van der Waals surface area contributed by atoms with E-state index in [2.05, 4.69) is 21.4 Å². The van der Waals surface area contributed by atoms with Gasteiger partial charge in [-0.2, -0.15) is 0 Å². The molecule has 3 rings (SSSR count). The second kappa shape index (κ2) is 7.55. The fourth-order valence-electron chi connectivity index (χ4n) is 2.55. The first-order valence-corrected chi connectivity index (χ1v) is 8.00. The average molecular weight is 320 g/mol. The minimum Gasteiger partial charge on any atom is -0.350 e. The highest BCUT2D eigenvalue weighted by atomic mass is 16.1. The number of hydrogen-bond acceptors (Lipinski definition) is 3. The van der Waals surface area contributed by atoms with Crippen molar-refractivity contribution >= 4 is 5.91 Å². The molecule has 2 aromatic heterocycles. The molecule has 0 radical (unpaired) electrons. The smallest absolute Gasteiger partial charge is 0.220 e. The molecule has 1 aromatic carbocycles. The summed E-state index contributed by atoms with van der Waals surface area (Å²) in [7, 11) is 0. The summed E-state index contributed by atoms with van der Waals surface area (Å²) in [4.78, 5) is 20.5. The first-order valence-electron chi connectivity index (χ1n) is 8.00. The number of benzene rings is 1. The average Bonchev–Trinajstić information content (AvgIpc) is 3.16. The molecular formula is C19H20N4O. The van der Waals surface area contributed by atoms with Gasteiger partial charge in [-0.05, 0) is 43.2 Å². The van der Waals surface area contributed by atoms with Gasteiger partial charge in [0.05, 0.1) is 12.4 Å². The molecule has 3 aromatic rings. The number of imidazole rings is 1. The van der Waals surface area contributed by atoms with Crippen molar-refractivity contribution in [1.82, 2.24) is 19.9 Å². The Morgan fingerprint density at radius 2 is 2.12 bits per heavy atom. The lowest BCUT2D eigenvalue weighted by molar-refractivity contribution is -0.121. The van der Waals surface area contributed by atoms with Crippen LogP contribution in [0.4, 0.5) is 0 Å². The molecule has 0 saturated carbocycles. The highest BCUT2D eigenvalue weighted by molar-refractivity contribution is 5.76. The van der Waals surface area contributed by atoms with Crippen molar-refractivity contribution in [2.24, 2.45) is 0 Å². The van der Waals surface area contributed by atoms with Gasteiger partial charge < -0.3 is 9.88 Å². The Hall–Kier alpha value is -2.95. The number of aromatic nitrogens is 3. The van der Waals surface area contributed by atoms with Gasteiger partial charge in [-0.1, -0.05) is 18.2 Å². The summed E-state index contributed by atoms with van der Waals surface area (Å²) in [6.45, 7) is 1.99. The van der Waals surface area contributed by atoms with E-state index in [0.717, 1.165) is 16.9 Å². The van der Waals surface area contributed by atoms with Crippen molar-refractivity contribution in [1.29, 1.82) is 0 Å². The monoisotopic (exact) mass is 320 g/mol. The van der Waals surface area contributed by atoms with Gasteiger partial charge in [0.1, 0.15) is 0 Å². The predicted octanol–water partition coefficient (Wildman–Crippen LogP) is 3.08. The molecule has 0 aliphatic carbocycles. The van der Waals surface area contributed by atoms with Crippen LogP contribution in [0.2, 0.25) is 0 Å². The molecule has 122 valence electrons. The number of hydrogen-bond donors (Lipinski definition) is 1. The van der Waals surface area contributed by atoms with Crippen molar-refractivity contribution in [2.75, 3.05) is 0 Å². The van der Waals surface area contributed by atoms with Crippen LogP contribution in [0.3, 0.4) is 0 Å². The Morgan fingerprint density at radius 1 is 1.21 bits per heavy atom. The molecule has 0 aliphatic heterocycles. The van der Waals surface area contributed by atoms with Gasteiger partial charge in [0, 0.05) is 36.4 Å². The Morgan fingerprint density at radius 3 is 2.88 bits per heavy atom. The molecular weight excluding hydrogens is 300 g/mol. The van der Waals surface area contributed by atoms with Crippen molar-refractivity contribution in [2.45, 2.75) is 25.8 Å². The fourth-order valence-corrected chi connectivity index (χ4v) is 2.55. The van der Waals surface area contributed by atoms with Crippen LogP contribution in [0.1, 0.15) is 30.6 Å². The second-order valence-electron chi connectivity index (χ2n) is 5.68. The number of nitrogens with one attached hydrogen (secondary N) is 1. The van der Waals surface area contributed by atoms with Crippen LogP contribution in [0.25, 0.3) is 5.69 Å². The lowest BCUT2D eigenvalue weighted by Gasteiger charge is -2.15. The largest absolute Gasteiger partial charge is 0.350 e. The van der Waals surface area contributed by atoms with E-state index in [1.54, 1.807) is 18.7 Å². The predicted molar refractivity (Wildman–Crippen MR) is 92.7 cm³/mol. The van der Waals surface area contributed by atoms with E-state index in [1.807, 2.05) is 54.1 Å². The highest BCUT2D eigenvalue weighted by Crippen LogP contribution is 2.17. The molecule has 0 bridgehead atoms. The topological polar surface area (TPSA) is 59.8 Å². The fraction of sp³-hybridized carbons (Fsp3) is 0.211. The third kappa shape index (κ3) is 4.07. The summed E-state index contributed by atoms with van der Waals surface area (Å²) < 4.78 is 1.94. The molecule has 0 unspecified atom stereocenters. The lowest BCUT2D eigenvalue weighted by Crippen LogP contribution is -2.27. The number of rotatable bonds is 6. The van der Waals surface area contributed by atoms with E-state index in [0.29, 0.717) is 12.8 Å². The summed E-state index contributed by atoms with van der Waals surface area (Å²) in [6.07, 6.45) is 8.23. The van der Waals surface area contributed by atoms with E-state index in [1.165, 1.54) is 0 Å². The Kier molecular flexibility index (Phi) is 5.01. The molecule has 0 aliphatic rings. The molecule has 1 atom stereocenters. The molecule has 0 spiro atoms. The van der Waals surface area contributed by atoms with Gasteiger partial charge in [-0.15, -0.1) is 0 Å².